The predicted molar refractivity (Wildman–Crippen MR) is 134 cm³/mol. The molecule has 3 aromatic rings. The van der Waals surface area contributed by atoms with Crippen molar-refractivity contribution in [2.24, 2.45) is 0 Å². The Morgan fingerprint density at radius 3 is 2.54 bits per heavy atom. The third kappa shape index (κ3) is 5.57. The van der Waals surface area contributed by atoms with Crippen molar-refractivity contribution >= 4 is 40.0 Å². The number of benzene rings is 2. The lowest BCUT2D eigenvalue weighted by Gasteiger charge is -2.16. The van der Waals surface area contributed by atoms with Gasteiger partial charge in [-0.25, -0.2) is 4.79 Å². The fourth-order valence-corrected chi connectivity index (χ4v) is 4.59. The molecule has 0 atom stereocenters. The molecule has 0 radical (unpaired) electrons. The molecule has 9 nitrogen and oxygen atoms in total. The first kappa shape index (κ1) is 24.5. The van der Waals surface area contributed by atoms with Crippen LogP contribution in [0.2, 0.25) is 5.02 Å². The van der Waals surface area contributed by atoms with Crippen LogP contribution in [-0.2, 0) is 22.7 Å². The Balaban J connectivity index is 1.60. The first-order valence-electron chi connectivity index (χ1n) is 11.5. The third-order valence-corrected chi connectivity index (χ3v) is 6.39. The van der Waals surface area contributed by atoms with E-state index in [1.807, 2.05) is 0 Å². The minimum atomic E-state index is -0.657. The molecule has 35 heavy (non-hydrogen) atoms. The molecule has 10 heteroatoms. The monoisotopic (exact) mass is 498 g/mol. The first-order valence-corrected chi connectivity index (χ1v) is 11.9. The smallest absolute Gasteiger partial charge is 0.331 e. The second kappa shape index (κ2) is 10.8. The van der Waals surface area contributed by atoms with Gasteiger partial charge in [-0.15, -0.1) is 0 Å². The summed E-state index contributed by atoms with van der Waals surface area (Å²) in [6.07, 6.45) is 4.06. The molecule has 0 spiro atoms. The Morgan fingerprint density at radius 1 is 1.06 bits per heavy atom. The van der Waals surface area contributed by atoms with E-state index in [0.29, 0.717) is 22.0 Å². The Labute approximate surface area is 206 Å². The highest BCUT2D eigenvalue weighted by atomic mass is 35.5. The Kier molecular flexibility index (Phi) is 7.55. The molecular weight excluding hydrogens is 472 g/mol. The maximum absolute atomic E-state index is 13.3. The lowest BCUT2D eigenvalue weighted by atomic mass is 10.2. The third-order valence-electron chi connectivity index (χ3n) is 6.15. The van der Waals surface area contributed by atoms with E-state index in [0.717, 1.165) is 30.3 Å². The summed E-state index contributed by atoms with van der Waals surface area (Å²) in [4.78, 5) is 51.6. The number of fused-ring (bicyclic) bond motifs is 1. The summed E-state index contributed by atoms with van der Waals surface area (Å²) in [5.74, 6) is -0.283. The summed E-state index contributed by atoms with van der Waals surface area (Å²) in [7, 11) is 1.47. The van der Waals surface area contributed by atoms with E-state index in [1.54, 1.807) is 42.5 Å². The van der Waals surface area contributed by atoms with Crippen molar-refractivity contribution in [1.82, 2.24) is 14.5 Å². The van der Waals surface area contributed by atoms with Gasteiger partial charge in [-0.3, -0.25) is 23.5 Å². The van der Waals surface area contributed by atoms with E-state index in [-0.39, 0.29) is 36.8 Å². The van der Waals surface area contributed by atoms with Crippen LogP contribution in [0.4, 0.5) is 5.69 Å². The maximum atomic E-state index is 13.3. The lowest BCUT2D eigenvalue weighted by molar-refractivity contribution is -0.122. The largest absolute Gasteiger partial charge is 0.495 e. The van der Waals surface area contributed by atoms with Gasteiger partial charge in [0.05, 0.1) is 23.7 Å². The van der Waals surface area contributed by atoms with Crippen LogP contribution in [0.3, 0.4) is 0 Å². The van der Waals surface area contributed by atoms with Crippen molar-refractivity contribution in [1.29, 1.82) is 0 Å². The van der Waals surface area contributed by atoms with Gasteiger partial charge in [0, 0.05) is 24.0 Å². The summed E-state index contributed by atoms with van der Waals surface area (Å²) in [6, 6.07) is 11.5. The van der Waals surface area contributed by atoms with E-state index in [9.17, 15) is 19.2 Å². The van der Waals surface area contributed by atoms with Crippen LogP contribution in [0.15, 0.2) is 52.1 Å². The normalized spacial score (nSPS) is 13.7. The van der Waals surface area contributed by atoms with Crippen LogP contribution < -0.4 is 26.6 Å². The number of para-hydroxylation sites is 1. The van der Waals surface area contributed by atoms with E-state index < -0.39 is 17.2 Å². The van der Waals surface area contributed by atoms with Crippen molar-refractivity contribution < 1.29 is 14.3 Å². The topological polar surface area (TPSA) is 111 Å². The van der Waals surface area contributed by atoms with E-state index in [4.69, 9.17) is 16.3 Å². The number of halogens is 1. The number of anilines is 1. The van der Waals surface area contributed by atoms with Crippen LogP contribution in [0.1, 0.15) is 32.1 Å². The fourth-order valence-electron chi connectivity index (χ4n) is 4.42. The predicted octanol–water partition coefficient (Wildman–Crippen LogP) is 2.91. The number of carbonyl (C=O) groups is 2. The lowest BCUT2D eigenvalue weighted by Crippen LogP contribution is -2.43. The number of carbonyl (C=O) groups excluding carboxylic acids is 2. The molecule has 2 amide bonds. The van der Waals surface area contributed by atoms with E-state index >= 15 is 0 Å². The van der Waals surface area contributed by atoms with Gasteiger partial charge in [0.15, 0.2) is 0 Å². The number of hydrogen-bond donors (Lipinski definition) is 2. The molecule has 1 aliphatic carbocycles. The second-order valence-corrected chi connectivity index (χ2v) is 8.97. The second-order valence-electron chi connectivity index (χ2n) is 8.53. The molecule has 0 unspecified atom stereocenters. The zero-order valence-electron chi connectivity index (χ0n) is 19.4. The average Bonchev–Trinajstić information content (AvgIpc) is 3.35. The van der Waals surface area contributed by atoms with Crippen LogP contribution in [0.25, 0.3) is 10.9 Å². The van der Waals surface area contributed by atoms with Crippen LogP contribution in [0, 0.1) is 0 Å². The molecule has 4 rings (SSSR count). The minimum Gasteiger partial charge on any atom is -0.495 e. The zero-order chi connectivity index (χ0) is 24.9. The molecule has 1 fully saturated rings. The molecule has 1 saturated carbocycles. The van der Waals surface area contributed by atoms with Gasteiger partial charge in [0.25, 0.3) is 5.56 Å². The van der Waals surface area contributed by atoms with E-state index in [1.165, 1.54) is 11.7 Å². The summed E-state index contributed by atoms with van der Waals surface area (Å²) in [5.41, 5.74) is -0.454. The number of ether oxygens (including phenoxy) is 1. The van der Waals surface area contributed by atoms with Crippen molar-refractivity contribution in [3.8, 4) is 5.75 Å². The zero-order valence-corrected chi connectivity index (χ0v) is 20.1. The van der Waals surface area contributed by atoms with Crippen LogP contribution in [0.5, 0.6) is 5.75 Å². The van der Waals surface area contributed by atoms with Gasteiger partial charge in [-0.2, -0.15) is 0 Å². The molecule has 1 aliphatic rings. The molecule has 2 aromatic carbocycles. The van der Waals surface area contributed by atoms with Gasteiger partial charge in [0.1, 0.15) is 12.3 Å². The molecule has 0 saturated heterocycles. The van der Waals surface area contributed by atoms with Crippen molar-refractivity contribution in [2.45, 2.75) is 51.2 Å². The quantitative estimate of drug-likeness (QED) is 0.496. The minimum absolute atomic E-state index is 0.00407. The number of nitrogens with zero attached hydrogens (tertiary/aromatic N) is 2. The molecule has 184 valence electrons. The first-order chi connectivity index (χ1) is 16.9. The Morgan fingerprint density at radius 2 is 1.80 bits per heavy atom. The molecule has 1 aromatic heterocycles. The Hall–Kier alpha value is -3.59. The Bertz CT molecular complexity index is 1370. The van der Waals surface area contributed by atoms with Crippen molar-refractivity contribution in [2.75, 3.05) is 12.4 Å². The molecular formula is C25H27ClN4O5. The number of aromatic nitrogens is 2. The molecule has 1 heterocycles. The number of nitrogens with one attached hydrogen (secondary N) is 2. The fraction of sp³-hybridized carbons (Fsp3) is 0.360. The van der Waals surface area contributed by atoms with Gasteiger partial charge in [0.2, 0.25) is 11.8 Å². The molecule has 2 N–H and O–H groups in total. The number of amides is 2. The van der Waals surface area contributed by atoms with Crippen LogP contribution in [-0.4, -0.2) is 34.1 Å². The molecule has 0 bridgehead atoms. The standard InChI is InChI=1S/C25H27ClN4O5/c1-35-21-11-10-16(26)14-19(21)28-23(32)15-30-20-9-5-4-8-18(20)24(33)29(25(30)34)13-12-22(31)27-17-6-2-3-7-17/h4-5,8-11,14,17H,2-3,6-7,12-13,15H2,1H3,(H,27,31)(H,28,32). The van der Waals surface area contributed by atoms with Crippen LogP contribution >= 0.6 is 11.6 Å². The van der Waals surface area contributed by atoms with Gasteiger partial charge < -0.3 is 15.4 Å². The summed E-state index contributed by atoms with van der Waals surface area (Å²) < 4.78 is 7.51. The van der Waals surface area contributed by atoms with Crippen molar-refractivity contribution in [3.05, 3.63) is 68.3 Å². The van der Waals surface area contributed by atoms with Crippen molar-refractivity contribution in [3.63, 3.8) is 0 Å². The summed E-state index contributed by atoms with van der Waals surface area (Å²) in [5, 5.41) is 6.37. The van der Waals surface area contributed by atoms with E-state index in [2.05, 4.69) is 10.6 Å². The van der Waals surface area contributed by atoms with Gasteiger partial charge in [-0.05, 0) is 43.2 Å². The number of hydrogen-bond acceptors (Lipinski definition) is 5. The SMILES string of the molecule is COc1ccc(Cl)cc1NC(=O)Cn1c(=O)n(CCC(=O)NC2CCCC2)c(=O)c2ccccc21. The maximum Gasteiger partial charge on any atom is 0.331 e. The summed E-state index contributed by atoms with van der Waals surface area (Å²) in [6.45, 7) is -0.422. The number of rotatable bonds is 8. The highest BCUT2D eigenvalue weighted by Crippen LogP contribution is 2.27. The summed E-state index contributed by atoms with van der Waals surface area (Å²) >= 11 is 6.04. The average molecular weight is 499 g/mol. The highest BCUT2D eigenvalue weighted by molar-refractivity contribution is 6.31. The van der Waals surface area contributed by atoms with Gasteiger partial charge >= 0.3 is 5.69 Å². The van der Waals surface area contributed by atoms with Gasteiger partial charge in [-0.1, -0.05) is 36.6 Å². The number of methoxy groups -OCH3 is 1. The molecule has 0 aliphatic heterocycles. The highest BCUT2D eigenvalue weighted by Gasteiger charge is 2.19.